The number of esters is 1. The van der Waals surface area contributed by atoms with E-state index in [0.717, 1.165) is 0 Å². The molecule has 0 aliphatic heterocycles. The van der Waals surface area contributed by atoms with Crippen LogP contribution in [0.5, 0.6) is 5.75 Å². The Hall–Kier alpha value is -1.26. The highest BCUT2D eigenvalue weighted by molar-refractivity contribution is 6.30. The normalized spacial score (nSPS) is 12.2. The molecular weight excluding hydrogens is 230 g/mol. The van der Waals surface area contributed by atoms with Crippen LogP contribution in [-0.4, -0.2) is 23.7 Å². The van der Waals surface area contributed by atoms with Gasteiger partial charge in [-0.3, -0.25) is 4.79 Å². The molecular formula is C11H14ClNO3. The highest BCUT2D eigenvalue weighted by atomic mass is 35.5. The molecule has 0 saturated heterocycles. The van der Waals surface area contributed by atoms with E-state index in [1.165, 1.54) is 6.07 Å². The number of carbonyl (C=O) groups excluding carboxylic acids is 1. The molecule has 0 fully saturated rings. The Kier molecular flexibility index (Phi) is 4.58. The minimum atomic E-state index is -0.771. The van der Waals surface area contributed by atoms with Gasteiger partial charge in [0.05, 0.1) is 6.61 Å². The maximum Gasteiger partial charge on any atom is 0.323 e. The van der Waals surface area contributed by atoms with Crippen LogP contribution in [0.25, 0.3) is 0 Å². The maximum absolute atomic E-state index is 11.3. The highest BCUT2D eigenvalue weighted by Gasteiger charge is 2.16. The van der Waals surface area contributed by atoms with Crippen LogP contribution in [0.4, 0.5) is 0 Å². The molecule has 16 heavy (non-hydrogen) atoms. The van der Waals surface area contributed by atoms with Crippen LogP contribution in [0.3, 0.4) is 0 Å². The van der Waals surface area contributed by atoms with E-state index >= 15 is 0 Å². The molecule has 1 rings (SSSR count). The zero-order valence-corrected chi connectivity index (χ0v) is 9.70. The SMILES string of the molecule is CCOC(=O)C(N)Cc1ccc(Cl)cc1O. The molecule has 1 aromatic rings. The Morgan fingerprint density at radius 2 is 2.31 bits per heavy atom. The first-order valence-electron chi connectivity index (χ1n) is 4.94. The van der Waals surface area contributed by atoms with Crippen molar-refractivity contribution < 1.29 is 14.6 Å². The van der Waals surface area contributed by atoms with Gasteiger partial charge in [-0.05, 0) is 24.6 Å². The van der Waals surface area contributed by atoms with Gasteiger partial charge in [-0.25, -0.2) is 0 Å². The topological polar surface area (TPSA) is 72.5 Å². The average molecular weight is 244 g/mol. The van der Waals surface area contributed by atoms with Crippen LogP contribution in [0.1, 0.15) is 12.5 Å². The zero-order chi connectivity index (χ0) is 12.1. The van der Waals surface area contributed by atoms with Gasteiger partial charge in [0.25, 0.3) is 0 Å². The van der Waals surface area contributed by atoms with Crippen molar-refractivity contribution in [3.8, 4) is 5.75 Å². The first-order chi connectivity index (χ1) is 7.54. The van der Waals surface area contributed by atoms with Gasteiger partial charge in [0.1, 0.15) is 11.8 Å². The summed E-state index contributed by atoms with van der Waals surface area (Å²) in [6.45, 7) is 2.00. The Morgan fingerprint density at radius 1 is 1.62 bits per heavy atom. The lowest BCUT2D eigenvalue weighted by Gasteiger charge is -2.11. The summed E-state index contributed by atoms with van der Waals surface area (Å²) in [4.78, 5) is 11.3. The first-order valence-corrected chi connectivity index (χ1v) is 5.32. The summed E-state index contributed by atoms with van der Waals surface area (Å²) >= 11 is 5.68. The molecule has 1 unspecified atom stereocenters. The van der Waals surface area contributed by atoms with Crippen molar-refractivity contribution in [2.45, 2.75) is 19.4 Å². The molecule has 5 heteroatoms. The number of aromatic hydroxyl groups is 1. The van der Waals surface area contributed by atoms with E-state index in [1.54, 1.807) is 19.1 Å². The van der Waals surface area contributed by atoms with E-state index in [1.807, 2.05) is 0 Å². The van der Waals surface area contributed by atoms with Crippen LogP contribution in [0.15, 0.2) is 18.2 Å². The summed E-state index contributed by atoms with van der Waals surface area (Å²) in [5.41, 5.74) is 6.20. The molecule has 0 aromatic heterocycles. The number of halogens is 1. The molecule has 0 saturated carbocycles. The number of nitrogens with two attached hydrogens (primary N) is 1. The Balaban J connectivity index is 2.69. The van der Waals surface area contributed by atoms with Gasteiger partial charge < -0.3 is 15.6 Å². The standard InChI is InChI=1S/C11H14ClNO3/c1-2-16-11(15)9(13)5-7-3-4-8(12)6-10(7)14/h3-4,6,9,14H,2,5,13H2,1H3. The fourth-order valence-electron chi connectivity index (χ4n) is 1.28. The molecule has 4 nitrogen and oxygen atoms in total. The number of ether oxygens (including phenoxy) is 1. The zero-order valence-electron chi connectivity index (χ0n) is 8.94. The van der Waals surface area contributed by atoms with E-state index in [0.29, 0.717) is 17.2 Å². The van der Waals surface area contributed by atoms with Crippen LogP contribution in [0, 0.1) is 0 Å². The molecule has 1 aromatic carbocycles. The second kappa shape index (κ2) is 5.72. The van der Waals surface area contributed by atoms with Gasteiger partial charge >= 0.3 is 5.97 Å². The van der Waals surface area contributed by atoms with Crippen molar-refractivity contribution in [1.82, 2.24) is 0 Å². The summed E-state index contributed by atoms with van der Waals surface area (Å²) in [6, 6.07) is 3.91. The van der Waals surface area contributed by atoms with Crippen molar-refractivity contribution in [1.29, 1.82) is 0 Å². The number of carbonyl (C=O) groups is 1. The fourth-order valence-corrected chi connectivity index (χ4v) is 1.45. The van der Waals surface area contributed by atoms with Gasteiger partial charge in [0.2, 0.25) is 0 Å². The molecule has 0 bridgehead atoms. The summed E-state index contributed by atoms with van der Waals surface area (Å²) in [7, 11) is 0. The van der Waals surface area contributed by atoms with Gasteiger partial charge in [-0.1, -0.05) is 17.7 Å². The predicted molar refractivity (Wildman–Crippen MR) is 61.4 cm³/mol. The third kappa shape index (κ3) is 3.40. The van der Waals surface area contributed by atoms with E-state index in [2.05, 4.69) is 0 Å². The Labute approximate surface area is 99.0 Å². The molecule has 0 spiro atoms. The maximum atomic E-state index is 11.3. The summed E-state index contributed by atoms with van der Waals surface area (Å²) < 4.78 is 4.77. The van der Waals surface area contributed by atoms with E-state index in [9.17, 15) is 9.90 Å². The van der Waals surface area contributed by atoms with Crippen LogP contribution < -0.4 is 5.73 Å². The van der Waals surface area contributed by atoms with E-state index in [4.69, 9.17) is 22.1 Å². The van der Waals surface area contributed by atoms with Crippen molar-refractivity contribution in [3.05, 3.63) is 28.8 Å². The predicted octanol–water partition coefficient (Wildman–Crippen LogP) is 1.48. The molecule has 0 aliphatic rings. The first kappa shape index (κ1) is 12.8. The number of hydrogen-bond acceptors (Lipinski definition) is 4. The van der Waals surface area contributed by atoms with Crippen molar-refractivity contribution in [2.75, 3.05) is 6.61 Å². The third-order valence-electron chi connectivity index (χ3n) is 2.08. The number of phenols is 1. The number of phenolic OH excluding ortho intramolecular Hbond substituents is 1. The van der Waals surface area contributed by atoms with E-state index in [-0.39, 0.29) is 12.2 Å². The summed E-state index contributed by atoms with van der Waals surface area (Å²) in [5, 5.41) is 10.00. The Morgan fingerprint density at radius 3 is 2.88 bits per heavy atom. The molecule has 1 atom stereocenters. The van der Waals surface area contributed by atoms with Crippen molar-refractivity contribution in [3.63, 3.8) is 0 Å². The second-order valence-corrected chi connectivity index (χ2v) is 3.77. The monoisotopic (exact) mass is 243 g/mol. The average Bonchev–Trinajstić information content (AvgIpc) is 2.22. The lowest BCUT2D eigenvalue weighted by Crippen LogP contribution is -2.34. The van der Waals surface area contributed by atoms with Gasteiger partial charge in [-0.15, -0.1) is 0 Å². The number of benzene rings is 1. The third-order valence-corrected chi connectivity index (χ3v) is 2.31. The van der Waals surface area contributed by atoms with Gasteiger partial charge in [0.15, 0.2) is 0 Å². The molecule has 0 aliphatic carbocycles. The molecule has 88 valence electrons. The fraction of sp³-hybridized carbons (Fsp3) is 0.364. The molecule has 0 heterocycles. The smallest absolute Gasteiger partial charge is 0.323 e. The number of hydrogen-bond donors (Lipinski definition) is 2. The van der Waals surface area contributed by atoms with Gasteiger partial charge in [0, 0.05) is 11.4 Å². The second-order valence-electron chi connectivity index (χ2n) is 3.34. The lowest BCUT2D eigenvalue weighted by molar-refractivity contribution is -0.144. The summed E-state index contributed by atoms with van der Waals surface area (Å²) in [5.74, 6) is -0.441. The number of rotatable bonds is 4. The largest absolute Gasteiger partial charge is 0.508 e. The van der Waals surface area contributed by atoms with Crippen LogP contribution in [-0.2, 0) is 16.0 Å². The van der Waals surface area contributed by atoms with Gasteiger partial charge in [-0.2, -0.15) is 0 Å². The Bertz CT molecular complexity index is 381. The van der Waals surface area contributed by atoms with Crippen molar-refractivity contribution >= 4 is 17.6 Å². The van der Waals surface area contributed by atoms with Crippen LogP contribution in [0.2, 0.25) is 5.02 Å². The lowest BCUT2D eigenvalue weighted by atomic mass is 10.1. The van der Waals surface area contributed by atoms with Crippen LogP contribution >= 0.6 is 11.6 Å². The summed E-state index contributed by atoms with van der Waals surface area (Å²) in [6.07, 6.45) is 0.224. The molecule has 0 amide bonds. The quantitative estimate of drug-likeness (QED) is 0.786. The minimum absolute atomic E-state index is 0.0345. The highest BCUT2D eigenvalue weighted by Crippen LogP contribution is 2.22. The minimum Gasteiger partial charge on any atom is -0.508 e. The van der Waals surface area contributed by atoms with Crippen molar-refractivity contribution in [2.24, 2.45) is 5.73 Å². The molecule has 3 N–H and O–H groups in total. The van der Waals surface area contributed by atoms with E-state index < -0.39 is 12.0 Å². The molecule has 0 radical (unpaired) electrons.